The van der Waals surface area contributed by atoms with Crippen LogP contribution in [0.3, 0.4) is 0 Å². The van der Waals surface area contributed by atoms with Crippen molar-refractivity contribution in [3.8, 4) is 0 Å². The lowest BCUT2D eigenvalue weighted by Gasteiger charge is -2.16. The Kier molecular flexibility index (Phi) is 1.57. The van der Waals surface area contributed by atoms with Crippen LogP contribution in [0.1, 0.15) is 20.3 Å². The molecule has 0 aromatic carbocycles. The van der Waals surface area contributed by atoms with Crippen molar-refractivity contribution < 1.29 is 0 Å². The summed E-state index contributed by atoms with van der Waals surface area (Å²) in [5.41, 5.74) is 0. The van der Waals surface area contributed by atoms with Crippen LogP contribution in [0, 0.1) is 5.92 Å². The summed E-state index contributed by atoms with van der Waals surface area (Å²) in [4.78, 5) is 2.42. The lowest BCUT2D eigenvalue weighted by atomic mass is 10.1. The first-order chi connectivity index (χ1) is 3.72. The van der Waals surface area contributed by atoms with Crippen molar-refractivity contribution >= 4 is 0 Å². The van der Waals surface area contributed by atoms with Gasteiger partial charge in [-0.2, -0.15) is 0 Å². The average Bonchev–Trinajstić information content (AvgIpc) is 1.98. The van der Waals surface area contributed by atoms with Gasteiger partial charge < -0.3 is 4.90 Å². The third-order valence-electron chi connectivity index (χ3n) is 2.46. The number of likely N-dealkylation sites (tertiary alicyclic amines) is 1. The highest BCUT2D eigenvalue weighted by molar-refractivity contribution is 4.77. The molecule has 0 saturated carbocycles. The fourth-order valence-corrected chi connectivity index (χ4v) is 1.29. The molecule has 0 bridgehead atoms. The summed E-state index contributed by atoms with van der Waals surface area (Å²) in [6.07, 6.45) is 1.39. The van der Waals surface area contributed by atoms with Crippen molar-refractivity contribution in [3.05, 3.63) is 0 Å². The first-order valence-corrected chi connectivity index (χ1v) is 3.42. The number of nitrogens with zero attached hydrogens (tertiary/aromatic N) is 1. The van der Waals surface area contributed by atoms with E-state index >= 15 is 0 Å². The number of hydrogen-bond acceptors (Lipinski definition) is 1. The minimum absolute atomic E-state index is 0.815. The van der Waals surface area contributed by atoms with Crippen LogP contribution in [0.4, 0.5) is 0 Å². The molecule has 1 nitrogen and oxygen atoms in total. The fourth-order valence-electron chi connectivity index (χ4n) is 1.29. The van der Waals surface area contributed by atoms with Crippen LogP contribution in [-0.2, 0) is 0 Å². The standard InChI is InChI=1S/C7H15N/c1-6-4-5-8(3)7(6)2/h6-7H,4-5H2,1-3H3/t6-,7-/m1/s1. The van der Waals surface area contributed by atoms with E-state index in [4.69, 9.17) is 0 Å². The van der Waals surface area contributed by atoms with Gasteiger partial charge in [0.1, 0.15) is 0 Å². The third kappa shape index (κ3) is 0.873. The monoisotopic (exact) mass is 113 g/mol. The van der Waals surface area contributed by atoms with Gasteiger partial charge in [0, 0.05) is 6.04 Å². The molecule has 0 unspecified atom stereocenters. The summed E-state index contributed by atoms with van der Waals surface area (Å²) in [7, 11) is 2.20. The highest BCUT2D eigenvalue weighted by Crippen LogP contribution is 2.20. The molecule has 1 rings (SSSR count). The summed E-state index contributed by atoms with van der Waals surface area (Å²) in [6.45, 7) is 5.92. The molecule has 2 atom stereocenters. The molecule has 1 aliphatic heterocycles. The molecule has 1 heterocycles. The normalized spacial score (nSPS) is 40.9. The van der Waals surface area contributed by atoms with Crippen molar-refractivity contribution in [1.82, 2.24) is 4.90 Å². The SMILES string of the molecule is C[C@@H]1CCN(C)[C@@H]1C. The Labute approximate surface area is 51.7 Å². The fraction of sp³-hybridized carbons (Fsp3) is 1.00. The molecule has 1 fully saturated rings. The summed E-state index contributed by atoms with van der Waals surface area (Å²) in [6, 6.07) is 0.815. The van der Waals surface area contributed by atoms with E-state index in [1.165, 1.54) is 13.0 Å². The van der Waals surface area contributed by atoms with Crippen LogP contribution in [-0.4, -0.2) is 24.5 Å². The van der Waals surface area contributed by atoms with Gasteiger partial charge in [0.2, 0.25) is 0 Å². The van der Waals surface area contributed by atoms with Crippen molar-refractivity contribution in [2.24, 2.45) is 5.92 Å². The molecule has 0 radical (unpaired) electrons. The van der Waals surface area contributed by atoms with Crippen molar-refractivity contribution in [2.45, 2.75) is 26.3 Å². The maximum Gasteiger partial charge on any atom is 0.00899 e. The molecule has 0 aromatic heterocycles. The number of rotatable bonds is 0. The van der Waals surface area contributed by atoms with Crippen LogP contribution < -0.4 is 0 Å². The second kappa shape index (κ2) is 2.06. The minimum atomic E-state index is 0.815. The van der Waals surface area contributed by atoms with Crippen LogP contribution in [0.2, 0.25) is 0 Å². The molecule has 0 aliphatic carbocycles. The average molecular weight is 113 g/mol. The van der Waals surface area contributed by atoms with Crippen LogP contribution in [0.5, 0.6) is 0 Å². The van der Waals surface area contributed by atoms with E-state index in [-0.39, 0.29) is 0 Å². The van der Waals surface area contributed by atoms with Gasteiger partial charge in [0.25, 0.3) is 0 Å². The van der Waals surface area contributed by atoms with E-state index in [0.717, 1.165) is 12.0 Å². The topological polar surface area (TPSA) is 3.24 Å². The van der Waals surface area contributed by atoms with E-state index in [2.05, 4.69) is 25.8 Å². The van der Waals surface area contributed by atoms with E-state index < -0.39 is 0 Å². The van der Waals surface area contributed by atoms with Gasteiger partial charge in [0.15, 0.2) is 0 Å². The molecule has 1 saturated heterocycles. The molecule has 0 spiro atoms. The Morgan fingerprint density at radius 1 is 1.38 bits per heavy atom. The molecule has 1 aliphatic rings. The Hall–Kier alpha value is -0.0400. The van der Waals surface area contributed by atoms with Gasteiger partial charge in [0.05, 0.1) is 0 Å². The van der Waals surface area contributed by atoms with Gasteiger partial charge in [-0.3, -0.25) is 0 Å². The number of hydrogen-bond donors (Lipinski definition) is 0. The second-order valence-corrected chi connectivity index (χ2v) is 2.99. The Bertz CT molecular complexity index is 70.5. The van der Waals surface area contributed by atoms with Gasteiger partial charge in [-0.15, -0.1) is 0 Å². The summed E-state index contributed by atoms with van der Waals surface area (Å²) in [5.74, 6) is 0.917. The molecular weight excluding hydrogens is 98.1 g/mol. The lowest BCUT2D eigenvalue weighted by Crippen LogP contribution is -2.24. The first-order valence-electron chi connectivity index (χ1n) is 3.42. The highest BCUT2D eigenvalue weighted by atomic mass is 15.1. The Morgan fingerprint density at radius 2 is 2.00 bits per heavy atom. The van der Waals surface area contributed by atoms with E-state index in [9.17, 15) is 0 Å². The van der Waals surface area contributed by atoms with Gasteiger partial charge in [-0.1, -0.05) is 6.92 Å². The predicted octanol–water partition coefficient (Wildman–Crippen LogP) is 1.35. The van der Waals surface area contributed by atoms with Crippen LogP contribution in [0.25, 0.3) is 0 Å². The van der Waals surface area contributed by atoms with E-state index in [0.29, 0.717) is 0 Å². The maximum atomic E-state index is 2.42. The molecule has 8 heavy (non-hydrogen) atoms. The van der Waals surface area contributed by atoms with E-state index in [1.54, 1.807) is 0 Å². The minimum Gasteiger partial charge on any atom is -0.303 e. The Morgan fingerprint density at radius 3 is 2.12 bits per heavy atom. The van der Waals surface area contributed by atoms with Gasteiger partial charge >= 0.3 is 0 Å². The quantitative estimate of drug-likeness (QED) is 0.458. The predicted molar refractivity (Wildman–Crippen MR) is 35.9 cm³/mol. The van der Waals surface area contributed by atoms with Crippen molar-refractivity contribution in [3.63, 3.8) is 0 Å². The maximum absolute atomic E-state index is 2.42. The summed E-state index contributed by atoms with van der Waals surface area (Å²) in [5, 5.41) is 0. The van der Waals surface area contributed by atoms with Crippen molar-refractivity contribution in [1.29, 1.82) is 0 Å². The Balaban J connectivity index is 2.44. The molecule has 0 aromatic rings. The zero-order chi connectivity index (χ0) is 6.15. The molecule has 48 valence electrons. The summed E-state index contributed by atoms with van der Waals surface area (Å²) >= 11 is 0. The largest absolute Gasteiger partial charge is 0.303 e. The smallest absolute Gasteiger partial charge is 0.00899 e. The lowest BCUT2D eigenvalue weighted by molar-refractivity contribution is 0.301. The zero-order valence-electron chi connectivity index (χ0n) is 6.02. The molecular formula is C7H15N. The van der Waals surface area contributed by atoms with E-state index in [1.807, 2.05) is 0 Å². The van der Waals surface area contributed by atoms with Crippen LogP contribution in [0.15, 0.2) is 0 Å². The zero-order valence-corrected chi connectivity index (χ0v) is 6.02. The second-order valence-electron chi connectivity index (χ2n) is 2.99. The highest BCUT2D eigenvalue weighted by Gasteiger charge is 2.23. The van der Waals surface area contributed by atoms with Gasteiger partial charge in [-0.05, 0) is 32.9 Å². The first kappa shape index (κ1) is 6.09. The molecule has 0 N–H and O–H groups in total. The molecule has 0 amide bonds. The third-order valence-corrected chi connectivity index (χ3v) is 2.46. The van der Waals surface area contributed by atoms with Gasteiger partial charge in [-0.25, -0.2) is 0 Å². The molecule has 1 heteroatoms. The summed E-state index contributed by atoms with van der Waals surface area (Å²) < 4.78 is 0. The van der Waals surface area contributed by atoms with Crippen molar-refractivity contribution in [2.75, 3.05) is 13.6 Å². The van der Waals surface area contributed by atoms with Crippen LogP contribution >= 0.6 is 0 Å².